The van der Waals surface area contributed by atoms with Crippen LogP contribution in [-0.2, 0) is 0 Å². The number of ether oxygens (including phenoxy) is 1. The molecule has 2 bridgehead atoms. The lowest BCUT2D eigenvalue weighted by Crippen LogP contribution is -2.26. The van der Waals surface area contributed by atoms with Crippen LogP contribution in [0.4, 0.5) is 11.6 Å². The number of nitrogens with one attached hydrogen (secondary N) is 1. The van der Waals surface area contributed by atoms with Crippen LogP contribution in [0.2, 0.25) is 0 Å². The Morgan fingerprint density at radius 3 is 2.88 bits per heavy atom. The normalized spacial score (nSPS) is 30.5. The number of anilines is 2. The second-order valence-corrected chi connectivity index (χ2v) is 5.07. The van der Waals surface area contributed by atoms with Gasteiger partial charge in [0.25, 0.3) is 0 Å². The van der Waals surface area contributed by atoms with Gasteiger partial charge >= 0.3 is 0 Å². The highest BCUT2D eigenvalue weighted by molar-refractivity contribution is 5.61. The first-order chi connectivity index (χ1) is 8.28. The number of nitrogens with zero attached hydrogens (tertiary/aromatic N) is 2. The molecule has 2 fully saturated rings. The molecule has 3 rings (SSSR count). The molecule has 0 amide bonds. The summed E-state index contributed by atoms with van der Waals surface area (Å²) in [5.74, 6) is 3.39. The van der Waals surface area contributed by atoms with E-state index in [0.717, 1.165) is 17.7 Å². The fraction of sp³-hybridized carbons (Fsp3) is 0.667. The summed E-state index contributed by atoms with van der Waals surface area (Å²) in [5, 5.41) is 3.48. The van der Waals surface area contributed by atoms with Gasteiger partial charge in [0.15, 0.2) is 11.6 Å². The van der Waals surface area contributed by atoms with Crippen LogP contribution in [0.25, 0.3) is 0 Å². The van der Waals surface area contributed by atoms with E-state index >= 15 is 0 Å². The fourth-order valence-corrected chi connectivity index (χ4v) is 3.29. The molecule has 0 aromatic carbocycles. The molecule has 0 spiro atoms. The zero-order chi connectivity index (χ0) is 11.8. The van der Waals surface area contributed by atoms with Crippen molar-refractivity contribution in [1.29, 1.82) is 0 Å². The minimum atomic E-state index is 0.396. The van der Waals surface area contributed by atoms with Crippen molar-refractivity contribution < 1.29 is 4.74 Å². The van der Waals surface area contributed by atoms with Gasteiger partial charge in [-0.3, -0.25) is 0 Å². The first kappa shape index (κ1) is 10.6. The molecule has 1 heterocycles. The zero-order valence-corrected chi connectivity index (χ0v) is 10.0. The second kappa shape index (κ2) is 4.05. The van der Waals surface area contributed by atoms with Gasteiger partial charge in [0, 0.05) is 6.04 Å². The molecule has 2 aliphatic rings. The summed E-state index contributed by atoms with van der Waals surface area (Å²) in [6.07, 6.45) is 6.82. The van der Waals surface area contributed by atoms with E-state index in [2.05, 4.69) is 15.3 Å². The van der Waals surface area contributed by atoms with Crippen LogP contribution in [0.1, 0.15) is 25.7 Å². The van der Waals surface area contributed by atoms with Crippen molar-refractivity contribution in [2.75, 3.05) is 18.2 Å². The van der Waals surface area contributed by atoms with E-state index in [4.69, 9.17) is 10.5 Å². The third-order valence-electron chi connectivity index (χ3n) is 4.10. The van der Waals surface area contributed by atoms with E-state index in [9.17, 15) is 0 Å². The molecule has 2 aliphatic carbocycles. The summed E-state index contributed by atoms with van der Waals surface area (Å²) in [7, 11) is 1.60. The van der Waals surface area contributed by atoms with Crippen LogP contribution < -0.4 is 15.8 Å². The van der Waals surface area contributed by atoms with Gasteiger partial charge in [-0.2, -0.15) is 0 Å². The molecule has 5 heteroatoms. The summed E-state index contributed by atoms with van der Waals surface area (Å²) in [6, 6.07) is 0.525. The van der Waals surface area contributed by atoms with Crippen molar-refractivity contribution in [3.8, 4) is 5.75 Å². The lowest BCUT2D eigenvalue weighted by molar-refractivity contribution is 0.408. The molecule has 3 N–H and O–H groups in total. The molecule has 0 saturated heterocycles. The van der Waals surface area contributed by atoms with Gasteiger partial charge in [-0.05, 0) is 31.1 Å². The molecule has 0 aliphatic heterocycles. The Labute approximate surface area is 101 Å². The van der Waals surface area contributed by atoms with E-state index in [1.165, 1.54) is 32.0 Å². The Bertz CT molecular complexity index is 423. The number of rotatable bonds is 3. The van der Waals surface area contributed by atoms with E-state index in [-0.39, 0.29) is 0 Å². The lowest BCUT2D eigenvalue weighted by atomic mass is 9.95. The van der Waals surface area contributed by atoms with E-state index in [1.54, 1.807) is 7.11 Å². The summed E-state index contributed by atoms with van der Waals surface area (Å²) in [5.41, 5.74) is 5.77. The van der Waals surface area contributed by atoms with E-state index in [1.807, 2.05) is 0 Å². The number of nitrogens with two attached hydrogens (primary N) is 1. The first-order valence-electron chi connectivity index (χ1n) is 6.19. The standard InChI is InChI=1S/C12H18N4O/c1-17-10-11(13)14-6-15-12(10)16-9-5-7-2-3-8(9)4-7/h6-9H,2-5H2,1H3,(H3,13,14,15,16). The molecule has 2 saturated carbocycles. The Balaban J connectivity index is 1.79. The number of methoxy groups -OCH3 is 1. The van der Waals surface area contributed by atoms with Crippen LogP contribution in [0, 0.1) is 11.8 Å². The molecule has 17 heavy (non-hydrogen) atoms. The summed E-state index contributed by atoms with van der Waals surface area (Å²) in [6.45, 7) is 0. The van der Waals surface area contributed by atoms with E-state index in [0.29, 0.717) is 17.6 Å². The Morgan fingerprint density at radius 2 is 2.24 bits per heavy atom. The quantitative estimate of drug-likeness (QED) is 0.832. The third-order valence-corrected chi connectivity index (χ3v) is 4.10. The van der Waals surface area contributed by atoms with Gasteiger partial charge in [0.2, 0.25) is 5.75 Å². The topological polar surface area (TPSA) is 73.1 Å². The van der Waals surface area contributed by atoms with Gasteiger partial charge in [-0.25, -0.2) is 9.97 Å². The Hall–Kier alpha value is -1.52. The van der Waals surface area contributed by atoms with Crippen molar-refractivity contribution in [1.82, 2.24) is 9.97 Å². The summed E-state index contributed by atoms with van der Waals surface area (Å²) >= 11 is 0. The van der Waals surface area contributed by atoms with Gasteiger partial charge in [-0.15, -0.1) is 0 Å². The number of aromatic nitrogens is 2. The average molecular weight is 234 g/mol. The van der Waals surface area contributed by atoms with Crippen molar-refractivity contribution in [3.63, 3.8) is 0 Å². The first-order valence-corrected chi connectivity index (χ1v) is 6.19. The number of fused-ring (bicyclic) bond motifs is 2. The van der Waals surface area contributed by atoms with Crippen LogP contribution in [-0.4, -0.2) is 23.1 Å². The van der Waals surface area contributed by atoms with Crippen LogP contribution in [0.5, 0.6) is 5.75 Å². The number of hydrogen-bond acceptors (Lipinski definition) is 5. The highest BCUT2D eigenvalue weighted by atomic mass is 16.5. The van der Waals surface area contributed by atoms with Gasteiger partial charge in [0.05, 0.1) is 7.11 Å². The minimum absolute atomic E-state index is 0.396. The van der Waals surface area contributed by atoms with Crippen LogP contribution in [0.3, 0.4) is 0 Å². The zero-order valence-electron chi connectivity index (χ0n) is 10.0. The molecule has 1 aromatic rings. The predicted molar refractivity (Wildman–Crippen MR) is 65.9 cm³/mol. The molecule has 0 radical (unpaired) electrons. The smallest absolute Gasteiger partial charge is 0.203 e. The predicted octanol–water partition coefficient (Wildman–Crippen LogP) is 1.67. The lowest BCUT2D eigenvalue weighted by Gasteiger charge is -2.24. The molecule has 1 aromatic heterocycles. The highest BCUT2D eigenvalue weighted by Crippen LogP contribution is 2.46. The fourth-order valence-electron chi connectivity index (χ4n) is 3.29. The summed E-state index contributed by atoms with van der Waals surface area (Å²) < 4.78 is 5.25. The Kier molecular flexibility index (Phi) is 2.53. The minimum Gasteiger partial charge on any atom is -0.490 e. The maximum atomic E-state index is 5.77. The second-order valence-electron chi connectivity index (χ2n) is 5.07. The van der Waals surface area contributed by atoms with Crippen molar-refractivity contribution in [2.24, 2.45) is 11.8 Å². The van der Waals surface area contributed by atoms with Crippen LogP contribution in [0.15, 0.2) is 6.33 Å². The molecule has 3 atom stereocenters. The van der Waals surface area contributed by atoms with Crippen molar-refractivity contribution in [2.45, 2.75) is 31.7 Å². The van der Waals surface area contributed by atoms with Gasteiger partial charge in [-0.1, -0.05) is 6.42 Å². The van der Waals surface area contributed by atoms with Crippen LogP contribution >= 0.6 is 0 Å². The third kappa shape index (κ3) is 1.79. The van der Waals surface area contributed by atoms with Crippen molar-refractivity contribution in [3.05, 3.63) is 6.33 Å². The van der Waals surface area contributed by atoms with Gasteiger partial charge in [0.1, 0.15) is 6.33 Å². The molecule has 5 nitrogen and oxygen atoms in total. The largest absolute Gasteiger partial charge is 0.490 e. The van der Waals surface area contributed by atoms with Crippen molar-refractivity contribution >= 4 is 11.6 Å². The summed E-state index contributed by atoms with van der Waals surface area (Å²) in [4.78, 5) is 8.17. The Morgan fingerprint density at radius 1 is 1.35 bits per heavy atom. The molecule has 3 unspecified atom stereocenters. The molecular weight excluding hydrogens is 216 g/mol. The average Bonchev–Trinajstić information content (AvgIpc) is 2.91. The number of nitrogen functional groups attached to an aromatic ring is 1. The SMILES string of the molecule is COc1c(N)ncnc1NC1CC2CCC1C2. The molecule has 92 valence electrons. The maximum Gasteiger partial charge on any atom is 0.203 e. The van der Waals surface area contributed by atoms with E-state index < -0.39 is 0 Å². The highest BCUT2D eigenvalue weighted by Gasteiger charge is 2.39. The number of hydrogen-bond donors (Lipinski definition) is 2. The van der Waals surface area contributed by atoms with Gasteiger partial charge < -0.3 is 15.8 Å². The maximum absolute atomic E-state index is 5.77. The molecular formula is C12H18N4O. The monoisotopic (exact) mass is 234 g/mol.